The van der Waals surface area contributed by atoms with Gasteiger partial charge in [0.2, 0.25) is 0 Å². The number of carbonyl (C=O) groups excluding carboxylic acids is 1. The first-order valence-electron chi connectivity index (χ1n) is 5.91. The molecular formula is C13H17ClN2O. The molecule has 1 atom stereocenters. The lowest BCUT2D eigenvalue weighted by molar-refractivity contribution is 0.0948. The summed E-state index contributed by atoms with van der Waals surface area (Å²) in [5.74, 6) is 0.515. The molecule has 0 spiro atoms. The van der Waals surface area contributed by atoms with Gasteiger partial charge in [-0.2, -0.15) is 0 Å². The Morgan fingerprint density at radius 3 is 3.00 bits per heavy atom. The maximum atomic E-state index is 11.9. The molecule has 0 bridgehead atoms. The number of aryl methyl sites for hydroxylation is 1. The molecule has 4 heteroatoms. The van der Waals surface area contributed by atoms with E-state index in [0.717, 1.165) is 31.6 Å². The van der Waals surface area contributed by atoms with Gasteiger partial charge < -0.3 is 10.6 Å². The van der Waals surface area contributed by atoms with Gasteiger partial charge in [0.25, 0.3) is 5.91 Å². The summed E-state index contributed by atoms with van der Waals surface area (Å²) in [6, 6.07) is 5.41. The summed E-state index contributed by atoms with van der Waals surface area (Å²) < 4.78 is 0. The molecule has 1 fully saturated rings. The lowest BCUT2D eigenvalue weighted by Crippen LogP contribution is -2.30. The third kappa shape index (κ3) is 3.45. The molecule has 1 aromatic rings. The molecule has 1 aromatic carbocycles. The normalized spacial score (nSPS) is 19.3. The van der Waals surface area contributed by atoms with E-state index in [9.17, 15) is 4.79 Å². The van der Waals surface area contributed by atoms with Gasteiger partial charge in [-0.3, -0.25) is 4.79 Å². The number of benzene rings is 1. The van der Waals surface area contributed by atoms with E-state index in [1.807, 2.05) is 19.1 Å². The van der Waals surface area contributed by atoms with Gasteiger partial charge in [0.05, 0.1) is 0 Å². The molecule has 1 heterocycles. The SMILES string of the molecule is Cc1cc(Cl)cc(C(=O)NCC2CCNC2)c1. The molecule has 2 rings (SSSR count). The van der Waals surface area contributed by atoms with Gasteiger partial charge in [0, 0.05) is 17.1 Å². The van der Waals surface area contributed by atoms with Crippen LogP contribution in [0.25, 0.3) is 0 Å². The van der Waals surface area contributed by atoms with Crippen molar-refractivity contribution in [3.63, 3.8) is 0 Å². The quantitative estimate of drug-likeness (QED) is 0.864. The van der Waals surface area contributed by atoms with Crippen molar-refractivity contribution in [2.75, 3.05) is 19.6 Å². The van der Waals surface area contributed by atoms with Gasteiger partial charge in [-0.25, -0.2) is 0 Å². The van der Waals surface area contributed by atoms with Gasteiger partial charge >= 0.3 is 0 Å². The van der Waals surface area contributed by atoms with Crippen LogP contribution in [0.5, 0.6) is 0 Å². The van der Waals surface area contributed by atoms with E-state index in [2.05, 4.69) is 10.6 Å². The highest BCUT2D eigenvalue weighted by atomic mass is 35.5. The molecule has 0 radical (unpaired) electrons. The van der Waals surface area contributed by atoms with Crippen molar-refractivity contribution in [3.05, 3.63) is 34.3 Å². The monoisotopic (exact) mass is 252 g/mol. The minimum Gasteiger partial charge on any atom is -0.352 e. The fraction of sp³-hybridized carbons (Fsp3) is 0.462. The molecule has 0 aliphatic carbocycles. The fourth-order valence-electron chi connectivity index (χ4n) is 2.10. The number of carbonyl (C=O) groups is 1. The van der Waals surface area contributed by atoms with E-state index in [0.29, 0.717) is 16.5 Å². The molecule has 1 aliphatic rings. The van der Waals surface area contributed by atoms with Crippen LogP contribution in [0.15, 0.2) is 18.2 Å². The summed E-state index contributed by atoms with van der Waals surface area (Å²) in [4.78, 5) is 11.9. The second kappa shape index (κ2) is 5.52. The molecule has 2 N–H and O–H groups in total. The summed E-state index contributed by atoms with van der Waals surface area (Å²) in [5.41, 5.74) is 1.64. The number of hydrogen-bond donors (Lipinski definition) is 2. The molecule has 1 aliphatic heterocycles. The molecule has 1 saturated heterocycles. The number of rotatable bonds is 3. The van der Waals surface area contributed by atoms with Crippen LogP contribution < -0.4 is 10.6 Å². The predicted molar refractivity (Wildman–Crippen MR) is 69.5 cm³/mol. The molecule has 17 heavy (non-hydrogen) atoms. The summed E-state index contributed by atoms with van der Waals surface area (Å²) in [5, 5.41) is 6.85. The molecular weight excluding hydrogens is 236 g/mol. The van der Waals surface area contributed by atoms with Gasteiger partial charge in [0.1, 0.15) is 0 Å². The van der Waals surface area contributed by atoms with E-state index in [-0.39, 0.29) is 5.91 Å². The highest BCUT2D eigenvalue weighted by Gasteiger charge is 2.15. The first kappa shape index (κ1) is 12.4. The molecule has 1 unspecified atom stereocenters. The van der Waals surface area contributed by atoms with Crippen molar-refractivity contribution in [1.82, 2.24) is 10.6 Å². The Morgan fingerprint density at radius 2 is 2.35 bits per heavy atom. The predicted octanol–water partition coefficient (Wildman–Crippen LogP) is 1.99. The largest absolute Gasteiger partial charge is 0.352 e. The van der Waals surface area contributed by atoms with Gasteiger partial charge in [-0.05, 0) is 56.1 Å². The van der Waals surface area contributed by atoms with Crippen LogP contribution in [-0.2, 0) is 0 Å². The second-order valence-corrected chi connectivity index (χ2v) is 5.02. The molecule has 0 aromatic heterocycles. The van der Waals surface area contributed by atoms with E-state index >= 15 is 0 Å². The Kier molecular flexibility index (Phi) is 4.02. The number of hydrogen-bond acceptors (Lipinski definition) is 2. The van der Waals surface area contributed by atoms with Gasteiger partial charge in [-0.15, -0.1) is 0 Å². The highest BCUT2D eigenvalue weighted by molar-refractivity contribution is 6.31. The third-order valence-electron chi connectivity index (χ3n) is 3.02. The molecule has 3 nitrogen and oxygen atoms in total. The van der Waals surface area contributed by atoms with Crippen LogP contribution in [0.2, 0.25) is 5.02 Å². The molecule has 0 saturated carbocycles. The van der Waals surface area contributed by atoms with Crippen LogP contribution in [0, 0.1) is 12.8 Å². The standard InChI is InChI=1S/C13H17ClN2O/c1-9-4-11(6-12(14)5-9)13(17)16-8-10-2-3-15-7-10/h4-6,10,15H,2-3,7-8H2,1H3,(H,16,17). The van der Waals surface area contributed by atoms with Crippen molar-refractivity contribution in [1.29, 1.82) is 0 Å². The average molecular weight is 253 g/mol. The smallest absolute Gasteiger partial charge is 0.251 e. The zero-order valence-corrected chi connectivity index (χ0v) is 10.7. The fourth-order valence-corrected chi connectivity index (χ4v) is 2.38. The van der Waals surface area contributed by atoms with Crippen LogP contribution in [0.4, 0.5) is 0 Å². The van der Waals surface area contributed by atoms with Crippen molar-refractivity contribution < 1.29 is 4.79 Å². The Labute approximate surface area is 107 Å². The first-order valence-corrected chi connectivity index (χ1v) is 6.29. The van der Waals surface area contributed by atoms with Crippen molar-refractivity contribution in [2.45, 2.75) is 13.3 Å². The van der Waals surface area contributed by atoms with Crippen LogP contribution in [-0.4, -0.2) is 25.5 Å². The first-order chi connectivity index (χ1) is 8.15. The Morgan fingerprint density at radius 1 is 1.53 bits per heavy atom. The van der Waals surface area contributed by atoms with Crippen LogP contribution >= 0.6 is 11.6 Å². The maximum Gasteiger partial charge on any atom is 0.251 e. The minimum atomic E-state index is -0.0394. The van der Waals surface area contributed by atoms with E-state index < -0.39 is 0 Å². The van der Waals surface area contributed by atoms with Gasteiger partial charge in [-0.1, -0.05) is 11.6 Å². The number of nitrogens with one attached hydrogen (secondary N) is 2. The topological polar surface area (TPSA) is 41.1 Å². The minimum absolute atomic E-state index is 0.0394. The molecule has 1 amide bonds. The highest BCUT2D eigenvalue weighted by Crippen LogP contribution is 2.14. The van der Waals surface area contributed by atoms with Crippen LogP contribution in [0.1, 0.15) is 22.3 Å². The maximum absolute atomic E-state index is 11.9. The summed E-state index contributed by atoms with van der Waals surface area (Å²) in [7, 11) is 0. The zero-order valence-electron chi connectivity index (χ0n) is 9.92. The Bertz CT molecular complexity index is 394. The summed E-state index contributed by atoms with van der Waals surface area (Å²) in [6.07, 6.45) is 1.13. The lowest BCUT2D eigenvalue weighted by Gasteiger charge is -2.10. The Balaban J connectivity index is 1.94. The van der Waals surface area contributed by atoms with E-state index in [4.69, 9.17) is 11.6 Å². The lowest BCUT2D eigenvalue weighted by atomic mass is 10.1. The third-order valence-corrected chi connectivity index (χ3v) is 3.24. The van der Waals surface area contributed by atoms with Crippen molar-refractivity contribution in [3.8, 4) is 0 Å². The second-order valence-electron chi connectivity index (χ2n) is 4.59. The molecule has 92 valence electrons. The number of halogens is 1. The Hall–Kier alpha value is -1.06. The summed E-state index contributed by atoms with van der Waals surface area (Å²) in [6.45, 7) is 4.71. The van der Waals surface area contributed by atoms with E-state index in [1.165, 1.54) is 0 Å². The van der Waals surface area contributed by atoms with Gasteiger partial charge in [0.15, 0.2) is 0 Å². The van der Waals surface area contributed by atoms with Crippen LogP contribution in [0.3, 0.4) is 0 Å². The van der Waals surface area contributed by atoms with E-state index in [1.54, 1.807) is 6.07 Å². The van der Waals surface area contributed by atoms with Crippen molar-refractivity contribution >= 4 is 17.5 Å². The zero-order chi connectivity index (χ0) is 12.3. The average Bonchev–Trinajstić information content (AvgIpc) is 2.77. The number of amides is 1. The van der Waals surface area contributed by atoms with Crippen molar-refractivity contribution in [2.24, 2.45) is 5.92 Å². The summed E-state index contributed by atoms with van der Waals surface area (Å²) >= 11 is 5.93.